The van der Waals surface area contributed by atoms with Gasteiger partial charge in [-0.3, -0.25) is 19.2 Å². The molecule has 2 aromatic carbocycles. The monoisotopic (exact) mass is 896 g/mol. The Morgan fingerprint density at radius 1 is 1.00 bits per heavy atom. The fourth-order valence-corrected chi connectivity index (χ4v) is 6.89. The van der Waals surface area contributed by atoms with Crippen LogP contribution in [0.1, 0.15) is 66.6 Å². The number of alkyl halides is 1. The topological polar surface area (TPSA) is 185 Å². The molecule has 0 radical (unpaired) electrons. The summed E-state index contributed by atoms with van der Waals surface area (Å²) in [6.45, 7) is 8.67. The summed E-state index contributed by atoms with van der Waals surface area (Å²) in [6, 6.07) is 16.4. The summed E-state index contributed by atoms with van der Waals surface area (Å²) in [6.07, 6.45) is 16.1. The van der Waals surface area contributed by atoms with Crippen molar-refractivity contribution in [1.29, 1.82) is 0 Å². The number of aromatic nitrogens is 3. The van der Waals surface area contributed by atoms with E-state index in [1.807, 2.05) is 71.2 Å². The van der Waals surface area contributed by atoms with Crippen LogP contribution in [0.15, 0.2) is 91.1 Å². The predicted octanol–water partition coefficient (Wildman–Crippen LogP) is 6.00. The number of aryl methyl sites for hydroxylation is 2. The lowest BCUT2D eigenvalue weighted by Gasteiger charge is -2.35. The molecule has 1 saturated carbocycles. The molecule has 17 heteroatoms. The molecule has 3 atom stereocenters. The largest absolute Gasteiger partial charge is 0.385 e. The van der Waals surface area contributed by atoms with Gasteiger partial charge in [0.15, 0.2) is 24.0 Å². The van der Waals surface area contributed by atoms with Crippen LogP contribution in [0.2, 0.25) is 0 Å². The van der Waals surface area contributed by atoms with Crippen LogP contribution in [0.4, 0.5) is 33.0 Å². The first-order valence-corrected chi connectivity index (χ1v) is 21.5. The van der Waals surface area contributed by atoms with Crippen molar-refractivity contribution < 1.29 is 28.4 Å². The molecule has 2 aliphatic rings. The number of unbranched alkanes of at least 4 members (excludes halogenated alkanes) is 3. The number of hydrogen-bond donors (Lipinski definition) is 5. The normalized spacial score (nSPS) is 16.3. The highest BCUT2D eigenvalue weighted by atomic mass is 19.1. The van der Waals surface area contributed by atoms with Gasteiger partial charge in [0.1, 0.15) is 24.7 Å². The molecule has 16 nitrogen and oxygen atoms in total. The maximum Gasteiger partial charge on any atom is 0.246 e. The highest BCUT2D eigenvalue weighted by molar-refractivity contribution is 5.89. The molecule has 0 bridgehead atoms. The summed E-state index contributed by atoms with van der Waals surface area (Å²) in [5, 5.41) is 18.7. The van der Waals surface area contributed by atoms with Crippen LogP contribution in [0, 0.1) is 6.92 Å². The molecule has 1 aliphatic heterocycles. The fourth-order valence-electron chi connectivity index (χ4n) is 6.89. The van der Waals surface area contributed by atoms with E-state index in [0.29, 0.717) is 41.1 Å². The quantitative estimate of drug-likeness (QED) is 0.0302. The Balaban J connectivity index is 0.000000295. The van der Waals surface area contributed by atoms with Crippen LogP contribution in [0.5, 0.6) is 0 Å². The van der Waals surface area contributed by atoms with Gasteiger partial charge in [0.2, 0.25) is 12.3 Å². The number of amides is 2. The molecule has 4 aromatic rings. The van der Waals surface area contributed by atoms with Gasteiger partial charge in [-0.25, -0.2) is 13.9 Å². The number of rotatable bonds is 20. The second kappa shape index (κ2) is 27.3. The minimum Gasteiger partial charge on any atom is -0.385 e. The lowest BCUT2D eigenvalue weighted by atomic mass is 10.0. The van der Waals surface area contributed by atoms with E-state index in [1.54, 1.807) is 32.3 Å². The number of piperidine rings is 1. The molecule has 65 heavy (non-hydrogen) atoms. The molecular formula is C48H66FN11O5. The van der Waals surface area contributed by atoms with Gasteiger partial charge in [-0.05, 0) is 100 Å². The summed E-state index contributed by atoms with van der Waals surface area (Å²) in [7, 11) is 11.5. The van der Waals surface area contributed by atoms with Crippen LogP contribution in [0.25, 0.3) is 5.65 Å². The van der Waals surface area contributed by atoms with E-state index in [1.165, 1.54) is 21.8 Å². The number of carbonyl (C=O) groups excluding carboxylic acids is 5. The number of aldehydes is 2. The number of nitrogens with one attached hydrogen (secondary N) is 5. The summed E-state index contributed by atoms with van der Waals surface area (Å²) in [5.41, 5.74) is 8.37. The van der Waals surface area contributed by atoms with Crippen LogP contribution >= 0.6 is 0 Å². The van der Waals surface area contributed by atoms with E-state index in [4.69, 9.17) is 4.79 Å². The van der Waals surface area contributed by atoms with Crippen LogP contribution in [-0.2, 0) is 25.6 Å². The van der Waals surface area contributed by atoms with Crippen LogP contribution < -0.4 is 41.3 Å². The minimum absolute atomic E-state index is 0.0246. The first-order chi connectivity index (χ1) is 31.3. The highest BCUT2D eigenvalue weighted by Crippen LogP contribution is 2.32. The molecule has 6 rings (SSSR count). The lowest BCUT2D eigenvalue weighted by molar-refractivity contribution is -0.122. The third-order valence-electron chi connectivity index (χ3n) is 10.7. The van der Waals surface area contributed by atoms with Gasteiger partial charge < -0.3 is 46.1 Å². The molecule has 1 aliphatic carbocycles. The Labute approximate surface area is 382 Å². The van der Waals surface area contributed by atoms with Crippen molar-refractivity contribution in [3.63, 3.8) is 0 Å². The summed E-state index contributed by atoms with van der Waals surface area (Å²) in [4.78, 5) is 63.6. The zero-order valence-corrected chi connectivity index (χ0v) is 38.8. The number of nitrogens with zero attached hydrogens (tertiary/aromatic N) is 6. The maximum atomic E-state index is 12.4. The Morgan fingerprint density at radius 2 is 1.74 bits per heavy atom. The number of imidazole rings is 1. The number of benzene rings is 2. The van der Waals surface area contributed by atoms with Gasteiger partial charge in [0.05, 0.1) is 29.0 Å². The molecule has 350 valence electrons. The van der Waals surface area contributed by atoms with Gasteiger partial charge >= 0.3 is 0 Å². The number of allylic oxidation sites excluding steroid dienone is 4. The molecule has 1 unspecified atom stereocenters. The fraction of sp³-hybridized carbons (Fsp3) is 0.396. The molecule has 0 spiro atoms. The average molecular weight is 896 g/mol. The number of likely N-dealkylation sites (N-methyl/N-ethyl adjacent to an activating group) is 1. The second-order valence-corrected chi connectivity index (χ2v) is 15.7. The van der Waals surface area contributed by atoms with E-state index < -0.39 is 6.17 Å². The van der Waals surface area contributed by atoms with E-state index in [2.05, 4.69) is 77.3 Å². The molecule has 5 N–H and O–H groups in total. The number of carbonyl (C=O) groups is 5. The number of fused-ring (bicyclic) bond motifs is 1. The SMILES string of the molecule is C=C1CCC(N(C)c2ccc(CCCCCCNC=O)cc2N(C)C)C(=O)N1.C=O.CN[C@@H]1C[C@@H]1F.CNc1cc(N/C(C=O)=C/C=C\N(C)c2cccc(C)c2)nn2c(C=O)cnc12. The Bertz CT molecular complexity index is 2240. The van der Waals surface area contributed by atoms with Crippen molar-refractivity contribution in [3.05, 3.63) is 108 Å². The molecule has 2 amide bonds. The first-order valence-electron chi connectivity index (χ1n) is 21.5. The zero-order valence-electron chi connectivity index (χ0n) is 38.8. The van der Waals surface area contributed by atoms with E-state index in [9.17, 15) is 23.6 Å². The highest BCUT2D eigenvalue weighted by Gasteiger charge is 2.35. The summed E-state index contributed by atoms with van der Waals surface area (Å²) < 4.78 is 13.1. The second-order valence-electron chi connectivity index (χ2n) is 15.7. The Morgan fingerprint density at radius 3 is 2.34 bits per heavy atom. The minimum atomic E-state index is -0.546. The molecule has 2 fully saturated rings. The standard InChI is InChI=1S/C22H34N4O2.C21H22N6O2.C4H8FN.CH2O/c1-17-10-12-20(22(28)24-17)26(4)19-13-11-18(15-21(19)25(2)3)9-7-5-6-8-14-23-16-27;1-15-6-4-8-17(10-15)26(3)9-5-7-16(13-28)24-20-11-19(22-2)21-23-12-18(14-29)27(21)25-20;1-6-4-2-3(4)5;1-2/h11,13,15-16,20H,1,5-10,12,14H2,2-4H3,(H,23,27)(H,24,28);4-14,22H,1-3H3,(H,24,25);3-4,6H,2H2,1H3;1H2/b;9-5-,16-7+;;/t;;3-,4+;/m..0./s1. The molecular weight excluding hydrogens is 830 g/mol. The Kier molecular flexibility index (Phi) is 22.1. The number of anilines is 5. The predicted molar refractivity (Wildman–Crippen MR) is 260 cm³/mol. The van der Waals surface area contributed by atoms with Crippen molar-refractivity contribution in [2.24, 2.45) is 0 Å². The van der Waals surface area contributed by atoms with Crippen LogP contribution in [0.3, 0.4) is 0 Å². The zero-order chi connectivity index (χ0) is 47.9. The van der Waals surface area contributed by atoms with Crippen molar-refractivity contribution in [2.45, 2.75) is 76.5 Å². The molecule has 2 aromatic heterocycles. The van der Waals surface area contributed by atoms with E-state index >= 15 is 0 Å². The smallest absolute Gasteiger partial charge is 0.246 e. The van der Waals surface area contributed by atoms with Gasteiger partial charge in [-0.15, -0.1) is 5.10 Å². The van der Waals surface area contributed by atoms with E-state index in [0.717, 1.165) is 87.1 Å². The van der Waals surface area contributed by atoms with Gasteiger partial charge in [-0.1, -0.05) is 37.6 Å². The van der Waals surface area contributed by atoms with Gasteiger partial charge in [-0.2, -0.15) is 0 Å². The van der Waals surface area contributed by atoms with Crippen molar-refractivity contribution in [2.75, 3.05) is 74.2 Å². The molecule has 1 saturated heterocycles. The Hall–Kier alpha value is -6.88. The summed E-state index contributed by atoms with van der Waals surface area (Å²) in [5.74, 6) is 0.429. The average Bonchev–Trinajstić information content (AvgIpc) is 3.88. The van der Waals surface area contributed by atoms with Crippen LogP contribution in [-0.4, -0.2) is 113 Å². The van der Waals surface area contributed by atoms with Gasteiger partial charge in [0, 0.05) is 71.5 Å². The van der Waals surface area contributed by atoms with Crippen molar-refractivity contribution >= 4 is 65.9 Å². The van der Waals surface area contributed by atoms with Crippen molar-refractivity contribution in [3.8, 4) is 0 Å². The third kappa shape index (κ3) is 16.3. The van der Waals surface area contributed by atoms with E-state index in [-0.39, 0.29) is 18.0 Å². The third-order valence-corrected chi connectivity index (χ3v) is 10.7. The number of halogens is 1. The number of hydrogen-bond acceptors (Lipinski definition) is 13. The first kappa shape index (κ1) is 52.5. The van der Waals surface area contributed by atoms with Crippen molar-refractivity contribution in [1.82, 2.24) is 30.5 Å². The maximum absolute atomic E-state index is 12.4. The molecule has 3 heterocycles. The van der Waals surface area contributed by atoms with Gasteiger partial charge in [0.25, 0.3) is 0 Å². The lowest BCUT2D eigenvalue weighted by Crippen LogP contribution is -2.48. The summed E-state index contributed by atoms with van der Waals surface area (Å²) >= 11 is 0.